The number of hydrogen-bond donors (Lipinski definition) is 2. The average molecular weight is 364 g/mol. The number of carboxylic acid groups (broad SMARTS) is 1. The summed E-state index contributed by atoms with van der Waals surface area (Å²) in [7, 11) is 0. The fraction of sp³-hybridized carbons (Fsp3) is 0.444. The SMILES string of the molecule is CC[C@H]1[C@@H](O)CN1c1c(F)cc2c(=O)c(C(=O)O)cn(C3CC3)c2c1F. The van der Waals surface area contributed by atoms with Crippen molar-refractivity contribution in [2.75, 3.05) is 11.4 Å². The molecule has 6 nitrogen and oxygen atoms in total. The van der Waals surface area contributed by atoms with E-state index in [-0.39, 0.29) is 29.2 Å². The van der Waals surface area contributed by atoms with E-state index in [2.05, 4.69) is 0 Å². The van der Waals surface area contributed by atoms with E-state index in [1.54, 1.807) is 0 Å². The molecule has 2 atom stereocenters. The summed E-state index contributed by atoms with van der Waals surface area (Å²) in [6, 6.07) is 0.419. The molecule has 1 aromatic carbocycles. The summed E-state index contributed by atoms with van der Waals surface area (Å²) < 4.78 is 31.5. The predicted octanol–water partition coefficient (Wildman–Crippen LogP) is 2.27. The second-order valence-electron chi connectivity index (χ2n) is 6.93. The Balaban J connectivity index is 2.01. The molecule has 2 heterocycles. The molecule has 2 aromatic rings. The van der Waals surface area contributed by atoms with Crippen LogP contribution in [0.5, 0.6) is 0 Å². The quantitative estimate of drug-likeness (QED) is 0.870. The van der Waals surface area contributed by atoms with Crippen molar-refractivity contribution in [3.05, 3.63) is 39.7 Å². The van der Waals surface area contributed by atoms with Crippen LogP contribution in [0, 0.1) is 11.6 Å². The molecule has 2 aliphatic rings. The second kappa shape index (κ2) is 5.77. The van der Waals surface area contributed by atoms with Gasteiger partial charge in [-0.25, -0.2) is 13.6 Å². The molecule has 1 aliphatic carbocycles. The summed E-state index contributed by atoms with van der Waals surface area (Å²) >= 11 is 0. The Hall–Kier alpha value is -2.48. The highest BCUT2D eigenvalue weighted by molar-refractivity contribution is 5.94. The number of aromatic nitrogens is 1. The number of carboxylic acids is 1. The zero-order valence-corrected chi connectivity index (χ0v) is 14.1. The van der Waals surface area contributed by atoms with Crippen LogP contribution < -0.4 is 10.3 Å². The maximum Gasteiger partial charge on any atom is 0.341 e. The summed E-state index contributed by atoms with van der Waals surface area (Å²) in [4.78, 5) is 25.2. The minimum atomic E-state index is -1.42. The van der Waals surface area contributed by atoms with Crippen molar-refractivity contribution >= 4 is 22.6 Å². The lowest BCUT2D eigenvalue weighted by molar-refractivity contribution is 0.0694. The Morgan fingerprint density at radius 1 is 1.35 bits per heavy atom. The van der Waals surface area contributed by atoms with Crippen LogP contribution in [-0.2, 0) is 0 Å². The summed E-state index contributed by atoms with van der Waals surface area (Å²) in [5.41, 5.74) is -1.74. The van der Waals surface area contributed by atoms with Crippen molar-refractivity contribution in [3.8, 4) is 0 Å². The van der Waals surface area contributed by atoms with E-state index < -0.39 is 40.7 Å². The standard InChI is InChI=1S/C18H18F2N2O4/c1-2-12-13(23)7-22(12)16-11(19)5-9-15(14(16)20)21(8-3-4-8)6-10(17(9)24)18(25)26/h5-6,8,12-13,23H,2-4,7H2,1H3,(H,25,26)/t12-,13-/m0/s1. The molecule has 2 fully saturated rings. The Kier molecular flexibility index (Phi) is 3.76. The van der Waals surface area contributed by atoms with Gasteiger partial charge >= 0.3 is 5.97 Å². The van der Waals surface area contributed by atoms with Gasteiger partial charge in [0.1, 0.15) is 17.1 Å². The van der Waals surface area contributed by atoms with E-state index in [0.717, 1.165) is 25.1 Å². The van der Waals surface area contributed by atoms with Crippen LogP contribution in [0.15, 0.2) is 17.1 Å². The van der Waals surface area contributed by atoms with Gasteiger partial charge < -0.3 is 19.7 Å². The fourth-order valence-corrected chi connectivity index (χ4v) is 3.77. The minimum Gasteiger partial charge on any atom is -0.477 e. The highest BCUT2D eigenvalue weighted by atomic mass is 19.1. The number of β-amino-alcohol motifs (C(OH)–C–C–N with tert-alkyl or cyclic N) is 1. The van der Waals surface area contributed by atoms with Gasteiger partial charge in [-0.3, -0.25) is 4.79 Å². The summed E-state index contributed by atoms with van der Waals surface area (Å²) in [5, 5.41) is 18.8. The first-order valence-electron chi connectivity index (χ1n) is 8.60. The number of rotatable bonds is 4. The number of benzene rings is 1. The first-order chi connectivity index (χ1) is 12.3. The van der Waals surface area contributed by atoms with E-state index in [4.69, 9.17) is 0 Å². The van der Waals surface area contributed by atoms with Gasteiger partial charge in [0.05, 0.1) is 23.0 Å². The molecule has 1 saturated carbocycles. The highest BCUT2D eigenvalue weighted by Crippen LogP contribution is 2.41. The molecule has 1 aromatic heterocycles. The lowest BCUT2D eigenvalue weighted by Gasteiger charge is -2.47. The van der Waals surface area contributed by atoms with Crippen LogP contribution in [0.4, 0.5) is 14.5 Å². The van der Waals surface area contributed by atoms with E-state index in [9.17, 15) is 24.2 Å². The Morgan fingerprint density at radius 3 is 2.58 bits per heavy atom. The Bertz CT molecular complexity index is 984. The van der Waals surface area contributed by atoms with Crippen molar-refractivity contribution in [2.45, 2.75) is 44.4 Å². The highest BCUT2D eigenvalue weighted by Gasteiger charge is 2.40. The molecule has 2 N–H and O–H groups in total. The van der Waals surface area contributed by atoms with Crippen LogP contribution in [0.1, 0.15) is 42.6 Å². The monoisotopic (exact) mass is 364 g/mol. The van der Waals surface area contributed by atoms with Gasteiger partial charge in [0, 0.05) is 18.8 Å². The van der Waals surface area contributed by atoms with Gasteiger partial charge in [-0.15, -0.1) is 0 Å². The Labute approximate surface area is 147 Å². The van der Waals surface area contributed by atoms with Crippen LogP contribution in [0.2, 0.25) is 0 Å². The molecule has 138 valence electrons. The fourth-order valence-electron chi connectivity index (χ4n) is 3.77. The van der Waals surface area contributed by atoms with Crippen molar-refractivity contribution in [1.29, 1.82) is 0 Å². The topological polar surface area (TPSA) is 82.8 Å². The number of nitrogens with zero attached hydrogens (tertiary/aromatic N) is 2. The molecular weight excluding hydrogens is 346 g/mol. The van der Waals surface area contributed by atoms with Gasteiger partial charge in [0.15, 0.2) is 5.82 Å². The maximum atomic E-state index is 15.3. The zero-order chi connectivity index (χ0) is 18.7. The molecule has 0 amide bonds. The number of carbonyl (C=O) groups is 1. The molecule has 0 radical (unpaired) electrons. The average Bonchev–Trinajstić information content (AvgIpc) is 3.39. The number of aromatic carboxylic acids is 1. The van der Waals surface area contributed by atoms with E-state index in [0.29, 0.717) is 6.42 Å². The third kappa shape index (κ3) is 2.32. The number of halogens is 2. The molecule has 0 spiro atoms. The van der Waals surface area contributed by atoms with Crippen LogP contribution >= 0.6 is 0 Å². The third-order valence-corrected chi connectivity index (χ3v) is 5.29. The number of hydrogen-bond acceptors (Lipinski definition) is 4. The summed E-state index contributed by atoms with van der Waals surface area (Å²) in [5.74, 6) is -3.23. The first kappa shape index (κ1) is 17.0. The normalized spacial score (nSPS) is 22.5. The molecule has 4 rings (SSSR count). The predicted molar refractivity (Wildman–Crippen MR) is 90.8 cm³/mol. The molecule has 0 unspecified atom stereocenters. The molecule has 1 aliphatic heterocycles. The minimum absolute atomic E-state index is 0.0739. The largest absolute Gasteiger partial charge is 0.477 e. The van der Waals surface area contributed by atoms with Gasteiger partial charge in [-0.05, 0) is 25.3 Å². The molecule has 1 saturated heterocycles. The number of aliphatic hydroxyl groups excluding tert-OH is 1. The number of anilines is 1. The van der Waals surface area contributed by atoms with Gasteiger partial charge in [-0.2, -0.15) is 0 Å². The molecule has 26 heavy (non-hydrogen) atoms. The third-order valence-electron chi connectivity index (χ3n) is 5.29. The van der Waals surface area contributed by atoms with Crippen molar-refractivity contribution in [3.63, 3.8) is 0 Å². The molecular formula is C18H18F2N2O4. The van der Waals surface area contributed by atoms with Crippen LogP contribution in [0.25, 0.3) is 10.9 Å². The van der Waals surface area contributed by atoms with Gasteiger partial charge in [0.25, 0.3) is 0 Å². The first-order valence-corrected chi connectivity index (χ1v) is 8.60. The smallest absolute Gasteiger partial charge is 0.341 e. The van der Waals surface area contributed by atoms with Crippen molar-refractivity contribution in [1.82, 2.24) is 4.57 Å². The molecule has 0 bridgehead atoms. The summed E-state index contributed by atoms with van der Waals surface area (Å²) in [6.45, 7) is 1.93. The van der Waals surface area contributed by atoms with Crippen LogP contribution in [-0.4, -0.2) is 39.4 Å². The van der Waals surface area contributed by atoms with Crippen molar-refractivity contribution < 1.29 is 23.8 Å². The van der Waals surface area contributed by atoms with Crippen molar-refractivity contribution in [2.24, 2.45) is 0 Å². The van der Waals surface area contributed by atoms with E-state index in [1.165, 1.54) is 9.47 Å². The lowest BCUT2D eigenvalue weighted by atomic mass is 9.95. The number of aliphatic hydroxyl groups is 1. The number of pyridine rings is 1. The number of fused-ring (bicyclic) bond motifs is 1. The van der Waals surface area contributed by atoms with E-state index in [1.807, 2.05) is 6.92 Å². The summed E-state index contributed by atoms with van der Waals surface area (Å²) in [6.07, 6.45) is 2.49. The van der Waals surface area contributed by atoms with Gasteiger partial charge in [0.2, 0.25) is 5.43 Å². The zero-order valence-electron chi connectivity index (χ0n) is 14.1. The second-order valence-corrected chi connectivity index (χ2v) is 6.93. The van der Waals surface area contributed by atoms with E-state index >= 15 is 4.39 Å². The van der Waals surface area contributed by atoms with Crippen LogP contribution in [0.3, 0.4) is 0 Å². The lowest BCUT2D eigenvalue weighted by Crippen LogP contribution is -2.60. The van der Waals surface area contributed by atoms with Gasteiger partial charge in [-0.1, -0.05) is 6.92 Å². The Morgan fingerprint density at radius 2 is 2.04 bits per heavy atom. The maximum absolute atomic E-state index is 15.3. The molecule has 8 heteroatoms.